The van der Waals surface area contributed by atoms with Crippen LogP contribution < -0.4 is 20.4 Å². The van der Waals surface area contributed by atoms with E-state index in [4.69, 9.17) is 0 Å². The second-order valence-corrected chi connectivity index (χ2v) is 10.0. The topological polar surface area (TPSA) is 115 Å². The van der Waals surface area contributed by atoms with E-state index in [0.717, 1.165) is 43.0 Å². The number of hydrogen-bond donors (Lipinski definition) is 2. The van der Waals surface area contributed by atoms with E-state index in [1.165, 1.54) is 0 Å². The van der Waals surface area contributed by atoms with Crippen LogP contribution in [0.4, 0.5) is 22.1 Å². The fraction of sp³-hybridized carbons (Fsp3) is 0.462. The Bertz CT molecular complexity index is 1240. The summed E-state index contributed by atoms with van der Waals surface area (Å²) < 4.78 is 0. The van der Waals surface area contributed by atoms with E-state index in [2.05, 4.69) is 49.3 Å². The molecule has 2 aromatic rings. The van der Waals surface area contributed by atoms with Gasteiger partial charge in [-0.25, -0.2) is 19.8 Å². The minimum absolute atomic E-state index is 0.0111. The van der Waals surface area contributed by atoms with E-state index in [1.807, 2.05) is 32.0 Å². The number of aromatic nitrogens is 2. The lowest BCUT2D eigenvalue weighted by atomic mass is 9.88. The van der Waals surface area contributed by atoms with Gasteiger partial charge in [0.05, 0.1) is 17.4 Å². The highest BCUT2D eigenvalue weighted by atomic mass is 16.2. The SMILES string of the molecule is CC(C)NC(=O)c1ccc2c(n1)N(C(=O)Nc1cc(C3=NC=NC[C@@H](C)C3C)ccn1)[C@H]1CCN2C1. The number of carbonyl (C=O) groups excluding carboxylic acids is 2. The number of carbonyl (C=O) groups is 2. The maximum Gasteiger partial charge on any atom is 0.329 e. The number of fused-ring (bicyclic) bond motifs is 4. The van der Waals surface area contributed by atoms with E-state index in [1.54, 1.807) is 23.5 Å². The van der Waals surface area contributed by atoms with Crippen LogP contribution in [0.2, 0.25) is 0 Å². The third-order valence-electron chi connectivity index (χ3n) is 7.07. The number of anilines is 3. The average molecular weight is 489 g/mol. The molecule has 36 heavy (non-hydrogen) atoms. The highest BCUT2D eigenvalue weighted by Crippen LogP contribution is 2.39. The summed E-state index contributed by atoms with van der Waals surface area (Å²) in [7, 11) is 0. The molecule has 0 saturated carbocycles. The summed E-state index contributed by atoms with van der Waals surface area (Å²) in [4.78, 5) is 48.0. The van der Waals surface area contributed by atoms with Gasteiger partial charge < -0.3 is 10.2 Å². The van der Waals surface area contributed by atoms with Crippen molar-refractivity contribution in [2.24, 2.45) is 21.8 Å². The number of urea groups is 1. The van der Waals surface area contributed by atoms with Crippen molar-refractivity contribution >= 4 is 41.3 Å². The van der Waals surface area contributed by atoms with Gasteiger partial charge in [0, 0.05) is 43.4 Å². The first-order valence-corrected chi connectivity index (χ1v) is 12.5. The van der Waals surface area contributed by atoms with Crippen molar-refractivity contribution in [3.8, 4) is 0 Å². The fourth-order valence-electron chi connectivity index (χ4n) is 4.96. The molecule has 3 aliphatic heterocycles. The number of nitrogens with one attached hydrogen (secondary N) is 2. The maximum absolute atomic E-state index is 13.6. The molecule has 3 aliphatic rings. The summed E-state index contributed by atoms with van der Waals surface area (Å²) in [6.45, 7) is 10.4. The molecule has 0 aromatic carbocycles. The van der Waals surface area contributed by atoms with Gasteiger partial charge in [-0.15, -0.1) is 0 Å². The van der Waals surface area contributed by atoms with Crippen LogP contribution in [0.5, 0.6) is 0 Å². The fourth-order valence-corrected chi connectivity index (χ4v) is 4.96. The summed E-state index contributed by atoms with van der Waals surface area (Å²) in [6, 6.07) is 7.01. The molecule has 1 saturated heterocycles. The van der Waals surface area contributed by atoms with Gasteiger partial charge in [-0.3, -0.25) is 20.0 Å². The Kier molecular flexibility index (Phi) is 6.42. The van der Waals surface area contributed by atoms with Crippen LogP contribution >= 0.6 is 0 Å². The van der Waals surface area contributed by atoms with Crippen molar-refractivity contribution in [2.75, 3.05) is 34.8 Å². The van der Waals surface area contributed by atoms with Crippen molar-refractivity contribution in [3.63, 3.8) is 0 Å². The minimum atomic E-state index is -0.313. The zero-order chi connectivity index (χ0) is 25.4. The summed E-state index contributed by atoms with van der Waals surface area (Å²) in [5.74, 6) is 1.26. The van der Waals surface area contributed by atoms with Gasteiger partial charge in [0.25, 0.3) is 5.91 Å². The van der Waals surface area contributed by atoms with Gasteiger partial charge in [0.1, 0.15) is 17.9 Å². The van der Waals surface area contributed by atoms with Crippen LogP contribution in [0.3, 0.4) is 0 Å². The van der Waals surface area contributed by atoms with Crippen molar-refractivity contribution in [3.05, 3.63) is 41.7 Å². The van der Waals surface area contributed by atoms with Gasteiger partial charge in [-0.05, 0) is 50.5 Å². The normalized spacial score (nSPS) is 22.7. The summed E-state index contributed by atoms with van der Waals surface area (Å²) in [6.07, 6.45) is 4.13. The van der Waals surface area contributed by atoms with Crippen molar-refractivity contribution in [1.82, 2.24) is 15.3 Å². The molecule has 1 unspecified atom stereocenters. The zero-order valence-electron chi connectivity index (χ0n) is 21.1. The number of pyridine rings is 2. The van der Waals surface area contributed by atoms with Gasteiger partial charge in [-0.1, -0.05) is 13.8 Å². The summed E-state index contributed by atoms with van der Waals surface area (Å²) in [5, 5.41) is 5.84. The Balaban J connectivity index is 1.42. The van der Waals surface area contributed by atoms with E-state index >= 15 is 0 Å². The lowest BCUT2D eigenvalue weighted by Gasteiger charge is -2.35. The first-order valence-electron chi connectivity index (χ1n) is 12.5. The lowest BCUT2D eigenvalue weighted by Crippen LogP contribution is -2.48. The van der Waals surface area contributed by atoms with Crippen molar-refractivity contribution in [2.45, 2.75) is 46.2 Å². The summed E-state index contributed by atoms with van der Waals surface area (Å²) in [5.41, 5.74) is 2.99. The van der Waals surface area contributed by atoms with Gasteiger partial charge in [0.15, 0.2) is 5.82 Å². The van der Waals surface area contributed by atoms with Crippen LogP contribution in [-0.4, -0.2) is 65.7 Å². The Morgan fingerprint density at radius 3 is 2.81 bits per heavy atom. The van der Waals surface area contributed by atoms with E-state index in [9.17, 15) is 9.59 Å². The molecule has 0 radical (unpaired) electrons. The average Bonchev–Trinajstić information content (AvgIpc) is 3.19. The molecule has 10 nitrogen and oxygen atoms in total. The molecule has 10 heteroatoms. The monoisotopic (exact) mass is 488 g/mol. The Morgan fingerprint density at radius 2 is 2.00 bits per heavy atom. The molecule has 5 heterocycles. The number of aliphatic imine (C=N–C) groups is 2. The predicted molar refractivity (Wildman–Crippen MR) is 141 cm³/mol. The second-order valence-electron chi connectivity index (χ2n) is 10.0. The summed E-state index contributed by atoms with van der Waals surface area (Å²) >= 11 is 0. The van der Waals surface area contributed by atoms with Gasteiger partial charge >= 0.3 is 6.03 Å². The van der Waals surface area contributed by atoms with Crippen LogP contribution in [-0.2, 0) is 0 Å². The van der Waals surface area contributed by atoms with E-state index in [-0.39, 0.29) is 29.9 Å². The zero-order valence-corrected chi connectivity index (χ0v) is 21.1. The Hall–Kier alpha value is -3.82. The number of amides is 3. The van der Waals surface area contributed by atoms with Crippen LogP contribution in [0.25, 0.3) is 0 Å². The smallest absolute Gasteiger partial charge is 0.329 e. The Morgan fingerprint density at radius 1 is 1.17 bits per heavy atom. The van der Waals surface area contributed by atoms with Gasteiger partial charge in [-0.2, -0.15) is 0 Å². The van der Waals surface area contributed by atoms with Crippen molar-refractivity contribution in [1.29, 1.82) is 0 Å². The molecule has 1 fully saturated rings. The molecule has 0 spiro atoms. The molecule has 188 valence electrons. The predicted octanol–water partition coefficient (Wildman–Crippen LogP) is 3.35. The molecular weight excluding hydrogens is 456 g/mol. The number of rotatable bonds is 4. The number of hydrogen-bond acceptors (Lipinski definition) is 7. The van der Waals surface area contributed by atoms with Crippen LogP contribution in [0, 0.1) is 11.8 Å². The first kappa shape index (κ1) is 23.9. The first-order chi connectivity index (χ1) is 17.3. The molecule has 3 atom stereocenters. The molecular formula is C26H32N8O2. The van der Waals surface area contributed by atoms with Crippen molar-refractivity contribution < 1.29 is 9.59 Å². The largest absolute Gasteiger partial charge is 0.366 e. The quantitative estimate of drug-likeness (QED) is 0.685. The molecule has 2 aromatic heterocycles. The maximum atomic E-state index is 13.6. The van der Waals surface area contributed by atoms with Crippen LogP contribution in [0.1, 0.15) is 50.2 Å². The molecule has 0 aliphatic carbocycles. The third-order valence-corrected chi connectivity index (χ3v) is 7.07. The minimum Gasteiger partial charge on any atom is -0.366 e. The van der Waals surface area contributed by atoms with Crippen LogP contribution in [0.15, 0.2) is 40.4 Å². The Labute approximate surface area is 210 Å². The second kappa shape index (κ2) is 9.67. The molecule has 2 N–H and O–H groups in total. The van der Waals surface area contributed by atoms with E-state index < -0.39 is 0 Å². The lowest BCUT2D eigenvalue weighted by molar-refractivity contribution is 0.0938. The van der Waals surface area contributed by atoms with E-state index in [0.29, 0.717) is 23.2 Å². The molecule has 5 rings (SSSR count). The molecule has 2 bridgehead atoms. The molecule has 3 amide bonds. The standard InChI is InChI=1S/C26H32N8O2/c1-15(2)30-25(35)20-5-6-21-24(31-20)34(19-8-10-33(21)13-19)26(36)32-22-11-18(7-9-28-22)23-17(4)16(3)12-27-14-29-23/h5-7,9,11,14-17,19H,8,10,12-13H2,1-4H3,(H,30,35)(H,28,32,36)/t16-,17?,19+/m1/s1. The highest BCUT2D eigenvalue weighted by molar-refractivity contribution is 6.08. The highest BCUT2D eigenvalue weighted by Gasteiger charge is 2.40. The van der Waals surface area contributed by atoms with Gasteiger partial charge in [0.2, 0.25) is 0 Å². The number of nitrogens with zero attached hydrogens (tertiary/aromatic N) is 6. The third kappa shape index (κ3) is 4.55.